The Morgan fingerprint density at radius 2 is 1.90 bits per heavy atom. The summed E-state index contributed by atoms with van der Waals surface area (Å²) in [4.78, 5) is 32.1. The number of methoxy groups -OCH3 is 1. The maximum Gasteiger partial charge on any atom is 0.339 e. The molecule has 0 bridgehead atoms. The van der Waals surface area contributed by atoms with Crippen molar-refractivity contribution < 1.29 is 19.4 Å². The van der Waals surface area contributed by atoms with Gasteiger partial charge in [-0.15, -0.1) is 5.10 Å². The lowest BCUT2D eigenvalue weighted by Gasteiger charge is -2.06. The summed E-state index contributed by atoms with van der Waals surface area (Å²) in [6, 6.07) is 11.8. The topological polar surface area (TPSA) is 119 Å². The van der Waals surface area contributed by atoms with Gasteiger partial charge in [-0.25, -0.2) is 9.31 Å². The first-order valence-electron chi connectivity index (χ1n) is 8.54. The molecule has 0 atom stereocenters. The minimum Gasteiger partial charge on any atom is -0.497 e. The highest BCUT2D eigenvalue weighted by molar-refractivity contribution is 6.03. The first-order chi connectivity index (χ1) is 14.0. The number of carbonyl (C=O) groups is 2. The number of carboxylic acids is 1. The molecule has 0 radical (unpaired) electrons. The van der Waals surface area contributed by atoms with Gasteiger partial charge in [0.25, 0.3) is 5.91 Å². The molecule has 2 N–H and O–H groups in total. The van der Waals surface area contributed by atoms with Gasteiger partial charge in [-0.05, 0) is 35.9 Å². The van der Waals surface area contributed by atoms with Crippen molar-refractivity contribution >= 4 is 23.5 Å². The summed E-state index contributed by atoms with van der Waals surface area (Å²) >= 11 is 0. The van der Waals surface area contributed by atoms with E-state index in [0.29, 0.717) is 16.9 Å². The molecule has 4 aromatic rings. The molecule has 0 aliphatic heterocycles. The lowest BCUT2D eigenvalue weighted by atomic mass is 10.1. The fraction of sp³-hybridized carbons (Fsp3) is 0.0500. The van der Waals surface area contributed by atoms with Gasteiger partial charge in [0.05, 0.1) is 7.11 Å². The number of amides is 1. The summed E-state index contributed by atoms with van der Waals surface area (Å²) in [7, 11) is 1.56. The van der Waals surface area contributed by atoms with Crippen molar-refractivity contribution in [1.82, 2.24) is 19.6 Å². The average molecular weight is 389 g/mol. The molecule has 3 aromatic heterocycles. The van der Waals surface area contributed by atoms with Crippen molar-refractivity contribution in [1.29, 1.82) is 0 Å². The number of nitrogens with one attached hydrogen (secondary N) is 1. The third-order valence-electron chi connectivity index (χ3n) is 4.23. The number of fused-ring (bicyclic) bond motifs is 1. The van der Waals surface area contributed by atoms with Crippen LogP contribution in [0.1, 0.15) is 20.7 Å². The zero-order valence-corrected chi connectivity index (χ0v) is 15.2. The predicted molar refractivity (Wildman–Crippen MR) is 104 cm³/mol. The molecule has 9 heteroatoms. The molecule has 1 amide bonds. The SMILES string of the molecule is COc1cccc(-c2cc(C(=O)O)c3nc(NC(=O)c4ccncc4)nn3c2)c1. The van der Waals surface area contributed by atoms with E-state index in [9.17, 15) is 14.7 Å². The summed E-state index contributed by atoms with van der Waals surface area (Å²) in [6.07, 6.45) is 4.63. The Balaban J connectivity index is 1.76. The maximum absolute atomic E-state index is 12.3. The number of carbonyl (C=O) groups excluding carboxylic acids is 1. The second-order valence-corrected chi connectivity index (χ2v) is 6.07. The number of nitrogens with zero attached hydrogens (tertiary/aromatic N) is 4. The quantitative estimate of drug-likeness (QED) is 0.539. The molecule has 0 spiro atoms. The number of pyridine rings is 2. The Labute approximate surface area is 164 Å². The van der Waals surface area contributed by atoms with E-state index in [1.54, 1.807) is 43.6 Å². The van der Waals surface area contributed by atoms with Crippen LogP contribution in [0.5, 0.6) is 5.75 Å². The zero-order chi connectivity index (χ0) is 20.4. The summed E-state index contributed by atoms with van der Waals surface area (Å²) in [5.41, 5.74) is 1.84. The Morgan fingerprint density at radius 3 is 2.62 bits per heavy atom. The number of aromatic nitrogens is 4. The number of ether oxygens (including phenoxy) is 1. The van der Waals surface area contributed by atoms with Crippen molar-refractivity contribution in [3.05, 3.63) is 72.2 Å². The van der Waals surface area contributed by atoms with Crippen molar-refractivity contribution in [2.75, 3.05) is 12.4 Å². The van der Waals surface area contributed by atoms with Crippen molar-refractivity contribution in [2.24, 2.45) is 0 Å². The van der Waals surface area contributed by atoms with Crippen LogP contribution < -0.4 is 10.1 Å². The fourth-order valence-corrected chi connectivity index (χ4v) is 2.83. The Bertz CT molecular complexity index is 1220. The van der Waals surface area contributed by atoms with Gasteiger partial charge in [-0.3, -0.25) is 15.1 Å². The normalized spacial score (nSPS) is 10.7. The summed E-state index contributed by atoms with van der Waals surface area (Å²) in [5, 5.41) is 16.4. The largest absolute Gasteiger partial charge is 0.497 e. The molecule has 29 heavy (non-hydrogen) atoms. The van der Waals surface area contributed by atoms with Crippen LogP contribution in [-0.2, 0) is 0 Å². The zero-order valence-electron chi connectivity index (χ0n) is 15.2. The Morgan fingerprint density at radius 1 is 1.10 bits per heavy atom. The van der Waals surface area contributed by atoms with E-state index in [-0.39, 0.29) is 17.2 Å². The molecule has 0 unspecified atom stereocenters. The maximum atomic E-state index is 12.3. The van der Waals surface area contributed by atoms with Gasteiger partial charge in [0.1, 0.15) is 11.3 Å². The van der Waals surface area contributed by atoms with E-state index < -0.39 is 11.9 Å². The molecule has 9 nitrogen and oxygen atoms in total. The van der Waals surface area contributed by atoms with Gasteiger partial charge < -0.3 is 9.84 Å². The van der Waals surface area contributed by atoms with Gasteiger partial charge >= 0.3 is 5.97 Å². The Hall–Kier alpha value is -4.27. The van der Waals surface area contributed by atoms with Gasteiger partial charge in [0.15, 0.2) is 5.65 Å². The second kappa shape index (κ2) is 7.39. The standard InChI is InChI=1S/C20H15N5O4/c1-29-15-4-2-3-13(9-15)14-10-16(19(27)28)17-22-20(24-25(17)11-14)23-18(26)12-5-7-21-8-6-12/h2-11H,1H3,(H,27,28)(H,23,24,26). The summed E-state index contributed by atoms with van der Waals surface area (Å²) in [5.74, 6) is -0.937. The molecule has 144 valence electrons. The van der Waals surface area contributed by atoms with E-state index in [1.165, 1.54) is 23.0 Å². The van der Waals surface area contributed by atoms with E-state index >= 15 is 0 Å². The van der Waals surface area contributed by atoms with E-state index in [0.717, 1.165) is 5.56 Å². The molecule has 0 fully saturated rings. The van der Waals surface area contributed by atoms with Crippen LogP contribution >= 0.6 is 0 Å². The van der Waals surface area contributed by atoms with Crippen LogP contribution in [0.25, 0.3) is 16.8 Å². The third kappa shape index (κ3) is 3.61. The monoisotopic (exact) mass is 389 g/mol. The predicted octanol–water partition coefficient (Wildman–Crippen LogP) is 2.75. The molecule has 0 saturated heterocycles. The molecular formula is C20H15N5O4. The first-order valence-corrected chi connectivity index (χ1v) is 8.54. The van der Waals surface area contributed by atoms with E-state index in [1.807, 2.05) is 6.07 Å². The smallest absolute Gasteiger partial charge is 0.339 e. The van der Waals surface area contributed by atoms with Crippen LogP contribution in [0.2, 0.25) is 0 Å². The molecule has 4 rings (SSSR count). The number of hydrogen-bond donors (Lipinski definition) is 2. The third-order valence-corrected chi connectivity index (χ3v) is 4.23. The highest BCUT2D eigenvalue weighted by atomic mass is 16.5. The minimum atomic E-state index is -1.15. The van der Waals surface area contributed by atoms with Gasteiger partial charge in [-0.2, -0.15) is 4.98 Å². The van der Waals surface area contributed by atoms with Crippen LogP contribution in [0.4, 0.5) is 5.95 Å². The fourth-order valence-electron chi connectivity index (χ4n) is 2.83. The molecule has 0 aliphatic rings. The van der Waals surface area contributed by atoms with E-state index in [4.69, 9.17) is 4.74 Å². The minimum absolute atomic E-state index is 0.00268. The molecule has 1 aromatic carbocycles. The summed E-state index contributed by atoms with van der Waals surface area (Å²) < 4.78 is 6.56. The van der Waals surface area contributed by atoms with E-state index in [2.05, 4.69) is 20.4 Å². The highest BCUT2D eigenvalue weighted by Crippen LogP contribution is 2.26. The van der Waals surface area contributed by atoms with Crippen LogP contribution in [-0.4, -0.2) is 43.7 Å². The van der Waals surface area contributed by atoms with Crippen molar-refractivity contribution in [3.8, 4) is 16.9 Å². The van der Waals surface area contributed by atoms with Gasteiger partial charge in [-0.1, -0.05) is 12.1 Å². The lowest BCUT2D eigenvalue weighted by molar-refractivity contribution is 0.0698. The van der Waals surface area contributed by atoms with Gasteiger partial charge in [0, 0.05) is 29.7 Å². The second-order valence-electron chi connectivity index (χ2n) is 6.07. The molecule has 3 heterocycles. The number of rotatable bonds is 5. The number of anilines is 1. The molecule has 0 aliphatic carbocycles. The van der Waals surface area contributed by atoms with Crippen molar-refractivity contribution in [3.63, 3.8) is 0 Å². The average Bonchev–Trinajstić information content (AvgIpc) is 3.15. The van der Waals surface area contributed by atoms with Crippen LogP contribution in [0.3, 0.4) is 0 Å². The number of benzene rings is 1. The van der Waals surface area contributed by atoms with Gasteiger partial charge in [0.2, 0.25) is 5.95 Å². The highest BCUT2D eigenvalue weighted by Gasteiger charge is 2.17. The number of carboxylic acid groups (broad SMARTS) is 1. The molecular weight excluding hydrogens is 374 g/mol. The first kappa shape index (κ1) is 18.1. The summed E-state index contributed by atoms with van der Waals surface area (Å²) in [6.45, 7) is 0. The number of hydrogen-bond acceptors (Lipinski definition) is 6. The lowest BCUT2D eigenvalue weighted by Crippen LogP contribution is -2.13. The Kier molecular flexibility index (Phi) is 4.62. The van der Waals surface area contributed by atoms with Crippen LogP contribution in [0.15, 0.2) is 61.1 Å². The van der Waals surface area contributed by atoms with Crippen molar-refractivity contribution in [2.45, 2.75) is 0 Å². The van der Waals surface area contributed by atoms with Crippen LogP contribution in [0, 0.1) is 0 Å². The number of aromatic carboxylic acids is 1. The molecule has 0 saturated carbocycles.